The largest absolute Gasteiger partial charge is 0.350 e. The fourth-order valence-corrected chi connectivity index (χ4v) is 4.78. The molecule has 1 unspecified atom stereocenters. The first-order valence-electron chi connectivity index (χ1n) is 12.4. The van der Waals surface area contributed by atoms with E-state index in [1.807, 2.05) is 26.8 Å². The molecule has 35 heavy (non-hydrogen) atoms. The van der Waals surface area contributed by atoms with Crippen molar-refractivity contribution >= 4 is 22.7 Å². The van der Waals surface area contributed by atoms with Crippen molar-refractivity contribution in [1.29, 1.82) is 0 Å². The van der Waals surface area contributed by atoms with Gasteiger partial charge in [-0.2, -0.15) is 5.10 Å². The van der Waals surface area contributed by atoms with Crippen LogP contribution in [0.1, 0.15) is 68.9 Å². The number of carbonyl (C=O) groups excluding carboxylic acids is 2. The van der Waals surface area contributed by atoms with E-state index in [1.165, 1.54) is 25.3 Å². The molecule has 2 aromatic heterocycles. The number of hydrogen-bond acceptors (Lipinski definition) is 4. The van der Waals surface area contributed by atoms with E-state index in [9.17, 15) is 14.0 Å². The Bertz CT molecular complexity index is 1180. The number of fused-ring (bicyclic) bond motifs is 1. The maximum atomic E-state index is 14.9. The molecule has 0 saturated heterocycles. The Morgan fingerprint density at radius 3 is 2.60 bits per heavy atom. The van der Waals surface area contributed by atoms with Crippen molar-refractivity contribution in [3.05, 3.63) is 59.8 Å². The summed E-state index contributed by atoms with van der Waals surface area (Å²) in [5.41, 5.74) is 0.796. The molecule has 2 heterocycles. The lowest BCUT2D eigenvalue weighted by Crippen LogP contribution is -2.53. The number of carbonyl (C=O) groups is 2. The topological polar surface area (TPSA) is 88.9 Å². The van der Waals surface area contributed by atoms with Crippen LogP contribution in [0.25, 0.3) is 10.9 Å². The minimum Gasteiger partial charge on any atom is -0.350 e. The molecular weight excluding hydrogens is 445 g/mol. The Morgan fingerprint density at radius 1 is 1.14 bits per heavy atom. The number of aromatic nitrogens is 3. The van der Waals surface area contributed by atoms with Crippen molar-refractivity contribution in [2.45, 2.75) is 72.0 Å². The number of benzene rings is 1. The van der Waals surface area contributed by atoms with Gasteiger partial charge in [-0.15, -0.1) is 0 Å². The van der Waals surface area contributed by atoms with E-state index < -0.39 is 23.2 Å². The van der Waals surface area contributed by atoms with Gasteiger partial charge < -0.3 is 10.6 Å². The Morgan fingerprint density at radius 2 is 1.91 bits per heavy atom. The third-order valence-corrected chi connectivity index (χ3v) is 6.68. The molecule has 2 N–H and O–H groups in total. The van der Waals surface area contributed by atoms with Crippen LogP contribution in [0.5, 0.6) is 0 Å². The third kappa shape index (κ3) is 5.86. The van der Waals surface area contributed by atoms with Crippen molar-refractivity contribution in [1.82, 2.24) is 25.4 Å². The van der Waals surface area contributed by atoms with E-state index >= 15 is 0 Å². The van der Waals surface area contributed by atoms with Crippen LogP contribution in [-0.2, 0) is 17.9 Å². The van der Waals surface area contributed by atoms with Gasteiger partial charge in [0, 0.05) is 30.9 Å². The van der Waals surface area contributed by atoms with Crippen LogP contribution in [0.3, 0.4) is 0 Å². The second kappa shape index (κ2) is 10.5. The summed E-state index contributed by atoms with van der Waals surface area (Å²) in [5, 5.41) is 10.8. The molecule has 1 saturated carbocycles. The molecule has 0 radical (unpaired) electrons. The number of para-hydroxylation sites is 1. The molecule has 2 amide bonds. The number of nitrogens with zero attached hydrogens (tertiary/aromatic N) is 3. The fraction of sp³-hybridized carbons (Fsp3) is 0.481. The van der Waals surface area contributed by atoms with Crippen LogP contribution in [0.4, 0.5) is 4.39 Å². The van der Waals surface area contributed by atoms with Crippen molar-refractivity contribution < 1.29 is 14.0 Å². The number of halogens is 1. The lowest BCUT2D eigenvalue weighted by Gasteiger charge is -2.30. The number of nitrogens with one attached hydrogen (secondary N) is 2. The molecule has 186 valence electrons. The van der Waals surface area contributed by atoms with Gasteiger partial charge in [0.2, 0.25) is 5.91 Å². The first kappa shape index (κ1) is 24.8. The molecule has 1 fully saturated rings. The van der Waals surface area contributed by atoms with Crippen LogP contribution in [0.2, 0.25) is 0 Å². The molecule has 1 aliphatic rings. The number of rotatable bonds is 7. The number of pyridine rings is 1. The van der Waals surface area contributed by atoms with Crippen LogP contribution in [0, 0.1) is 17.2 Å². The first-order chi connectivity index (χ1) is 16.7. The van der Waals surface area contributed by atoms with Gasteiger partial charge in [0.1, 0.15) is 17.4 Å². The lowest BCUT2D eigenvalue weighted by molar-refractivity contribution is -0.125. The molecule has 0 aliphatic heterocycles. The molecule has 7 nitrogen and oxygen atoms in total. The average Bonchev–Trinajstić information content (AvgIpc) is 3.21. The summed E-state index contributed by atoms with van der Waals surface area (Å²) < 4.78 is 16.5. The van der Waals surface area contributed by atoms with Gasteiger partial charge in [-0.05, 0) is 41.9 Å². The van der Waals surface area contributed by atoms with E-state index in [4.69, 9.17) is 0 Å². The maximum Gasteiger partial charge on any atom is 0.273 e. The zero-order chi connectivity index (χ0) is 25.0. The van der Waals surface area contributed by atoms with Crippen molar-refractivity contribution in [3.63, 3.8) is 0 Å². The van der Waals surface area contributed by atoms with Crippen molar-refractivity contribution in [2.75, 3.05) is 0 Å². The van der Waals surface area contributed by atoms with E-state index in [1.54, 1.807) is 35.3 Å². The van der Waals surface area contributed by atoms with Crippen molar-refractivity contribution in [2.24, 2.45) is 11.3 Å². The second-order valence-corrected chi connectivity index (χ2v) is 10.5. The smallest absolute Gasteiger partial charge is 0.273 e. The second-order valence-electron chi connectivity index (χ2n) is 10.5. The minimum atomic E-state index is -0.807. The zero-order valence-electron chi connectivity index (χ0n) is 20.7. The average molecular weight is 480 g/mol. The molecule has 8 heteroatoms. The Hall–Kier alpha value is -3.29. The van der Waals surface area contributed by atoms with Gasteiger partial charge >= 0.3 is 0 Å². The molecule has 0 spiro atoms. The minimum absolute atomic E-state index is 0.143. The van der Waals surface area contributed by atoms with Crippen LogP contribution >= 0.6 is 0 Å². The summed E-state index contributed by atoms with van der Waals surface area (Å²) in [5.74, 6) is -0.763. The van der Waals surface area contributed by atoms with E-state index in [0.29, 0.717) is 29.9 Å². The summed E-state index contributed by atoms with van der Waals surface area (Å²) in [6, 6.07) is 7.57. The fourth-order valence-electron chi connectivity index (χ4n) is 4.78. The zero-order valence-corrected chi connectivity index (χ0v) is 20.7. The van der Waals surface area contributed by atoms with Crippen LogP contribution < -0.4 is 10.6 Å². The molecule has 4 rings (SSSR count). The van der Waals surface area contributed by atoms with E-state index in [2.05, 4.69) is 20.7 Å². The Balaban J connectivity index is 1.56. The Labute approximate surface area is 205 Å². The van der Waals surface area contributed by atoms with Crippen molar-refractivity contribution in [3.8, 4) is 0 Å². The highest BCUT2D eigenvalue weighted by molar-refractivity contribution is 6.06. The van der Waals surface area contributed by atoms with Gasteiger partial charge in [-0.3, -0.25) is 19.3 Å². The Kier molecular flexibility index (Phi) is 7.48. The van der Waals surface area contributed by atoms with Crippen LogP contribution in [0.15, 0.2) is 42.7 Å². The molecule has 1 aromatic carbocycles. The molecule has 0 bridgehead atoms. The monoisotopic (exact) mass is 479 g/mol. The van der Waals surface area contributed by atoms with Gasteiger partial charge in [0.15, 0.2) is 5.69 Å². The summed E-state index contributed by atoms with van der Waals surface area (Å²) in [6.45, 7) is 6.56. The van der Waals surface area contributed by atoms with E-state index in [0.717, 1.165) is 18.4 Å². The third-order valence-electron chi connectivity index (χ3n) is 6.68. The highest BCUT2D eigenvalue weighted by Crippen LogP contribution is 2.29. The predicted octanol–water partition coefficient (Wildman–Crippen LogP) is 4.61. The summed E-state index contributed by atoms with van der Waals surface area (Å²) in [4.78, 5) is 30.6. The van der Waals surface area contributed by atoms with E-state index in [-0.39, 0.29) is 11.6 Å². The highest BCUT2D eigenvalue weighted by atomic mass is 19.1. The highest BCUT2D eigenvalue weighted by Gasteiger charge is 2.34. The van der Waals surface area contributed by atoms with Crippen LogP contribution in [-0.4, -0.2) is 32.6 Å². The molecule has 1 aliphatic carbocycles. The SMILES string of the molecule is CC(C)(C)C(NC(=O)c1nn(CC2CCCCC2)c2c(F)cccc12)C(=O)NCc1cccnc1. The standard InChI is InChI=1S/C27H34FN5O2/c1-27(2,3)24(26(35)30-16-19-11-8-14-29-15-19)31-25(34)22-20-12-7-13-21(28)23(20)33(32-22)17-18-9-5-4-6-10-18/h7-8,11-15,18,24H,4-6,9-10,16-17H2,1-3H3,(H,30,35)(H,31,34). The lowest BCUT2D eigenvalue weighted by atomic mass is 9.86. The van der Waals surface area contributed by atoms with Gasteiger partial charge in [-0.25, -0.2) is 4.39 Å². The summed E-state index contributed by atoms with van der Waals surface area (Å²) in [6.07, 6.45) is 9.09. The molecule has 3 aromatic rings. The quantitative estimate of drug-likeness (QED) is 0.518. The normalized spacial score (nSPS) is 15.7. The molecule has 1 atom stereocenters. The maximum absolute atomic E-state index is 14.9. The van der Waals surface area contributed by atoms with Gasteiger partial charge in [0.25, 0.3) is 5.91 Å². The molecular formula is C27H34FN5O2. The first-order valence-corrected chi connectivity index (χ1v) is 12.4. The predicted molar refractivity (Wildman–Crippen MR) is 133 cm³/mol. The van der Waals surface area contributed by atoms with Gasteiger partial charge in [0.05, 0.1) is 0 Å². The van der Waals surface area contributed by atoms with Gasteiger partial charge in [-0.1, -0.05) is 58.2 Å². The summed E-state index contributed by atoms with van der Waals surface area (Å²) >= 11 is 0. The number of amides is 2. The number of hydrogen-bond donors (Lipinski definition) is 2. The summed E-state index contributed by atoms with van der Waals surface area (Å²) in [7, 11) is 0.